The van der Waals surface area contributed by atoms with Crippen molar-refractivity contribution in [1.29, 1.82) is 0 Å². The average molecular weight is 382 g/mol. The van der Waals surface area contributed by atoms with Gasteiger partial charge in [-0.25, -0.2) is 4.39 Å². The number of hydrogen-bond donors (Lipinski definition) is 1. The molecule has 28 heavy (non-hydrogen) atoms. The number of carbonyl (C=O) groups is 2. The van der Waals surface area contributed by atoms with E-state index in [0.717, 1.165) is 27.7 Å². The quantitative estimate of drug-likeness (QED) is 0.679. The van der Waals surface area contributed by atoms with E-state index in [1.54, 1.807) is 18.4 Å². The number of benzene rings is 2. The standard InChI is InChI=1S/C22H23FN2O3/c1-3-25(13-21(26)24-12-16-5-7-18(23)8-6-16)22(27)11-17-14-28-20-10-15(2)4-9-19(17)20/h4-10,14H,3,11-13H2,1-2H3,(H,24,26). The molecule has 0 aliphatic rings. The van der Waals surface area contributed by atoms with Crippen molar-refractivity contribution in [3.63, 3.8) is 0 Å². The maximum Gasteiger partial charge on any atom is 0.239 e. The van der Waals surface area contributed by atoms with Gasteiger partial charge in [-0.2, -0.15) is 0 Å². The number of hydrogen-bond acceptors (Lipinski definition) is 3. The number of likely N-dealkylation sites (N-methyl/N-ethyl adjacent to an activating group) is 1. The highest BCUT2D eigenvalue weighted by Gasteiger charge is 2.18. The van der Waals surface area contributed by atoms with E-state index < -0.39 is 0 Å². The maximum atomic E-state index is 12.9. The van der Waals surface area contributed by atoms with Crippen LogP contribution in [0.4, 0.5) is 4.39 Å². The lowest BCUT2D eigenvalue weighted by molar-refractivity contribution is -0.135. The molecule has 5 nitrogen and oxygen atoms in total. The molecule has 1 heterocycles. The van der Waals surface area contributed by atoms with Crippen molar-refractivity contribution >= 4 is 22.8 Å². The van der Waals surface area contributed by atoms with E-state index in [9.17, 15) is 14.0 Å². The number of aryl methyl sites for hydroxylation is 1. The van der Waals surface area contributed by atoms with E-state index in [4.69, 9.17) is 4.42 Å². The van der Waals surface area contributed by atoms with Gasteiger partial charge in [0.2, 0.25) is 11.8 Å². The summed E-state index contributed by atoms with van der Waals surface area (Å²) in [7, 11) is 0. The fraction of sp³-hybridized carbons (Fsp3) is 0.273. The van der Waals surface area contributed by atoms with Gasteiger partial charge < -0.3 is 14.6 Å². The first kappa shape index (κ1) is 19.6. The Hall–Kier alpha value is -3.15. The zero-order valence-electron chi connectivity index (χ0n) is 16.0. The number of nitrogens with zero attached hydrogens (tertiary/aromatic N) is 1. The maximum absolute atomic E-state index is 12.9. The summed E-state index contributed by atoms with van der Waals surface area (Å²) in [4.78, 5) is 26.4. The first-order valence-electron chi connectivity index (χ1n) is 9.22. The highest BCUT2D eigenvalue weighted by atomic mass is 19.1. The highest BCUT2D eigenvalue weighted by Crippen LogP contribution is 2.23. The van der Waals surface area contributed by atoms with Gasteiger partial charge in [0.15, 0.2) is 0 Å². The molecular weight excluding hydrogens is 359 g/mol. The molecule has 1 aromatic heterocycles. The van der Waals surface area contributed by atoms with Gasteiger partial charge in [-0.1, -0.05) is 24.3 Å². The minimum atomic E-state index is -0.320. The second kappa shape index (κ2) is 8.69. The van der Waals surface area contributed by atoms with Crippen LogP contribution in [0, 0.1) is 12.7 Å². The summed E-state index contributed by atoms with van der Waals surface area (Å²) in [6, 6.07) is 11.8. The van der Waals surface area contributed by atoms with Crippen LogP contribution in [0.25, 0.3) is 11.0 Å². The first-order chi connectivity index (χ1) is 13.5. The Labute approximate surface area is 163 Å². The van der Waals surface area contributed by atoms with E-state index >= 15 is 0 Å². The van der Waals surface area contributed by atoms with Crippen molar-refractivity contribution in [2.24, 2.45) is 0 Å². The fourth-order valence-corrected chi connectivity index (χ4v) is 3.01. The normalized spacial score (nSPS) is 10.8. The summed E-state index contributed by atoms with van der Waals surface area (Å²) in [6.45, 7) is 4.51. The lowest BCUT2D eigenvalue weighted by atomic mass is 10.1. The van der Waals surface area contributed by atoms with Crippen LogP contribution in [0.15, 0.2) is 53.1 Å². The molecule has 0 radical (unpaired) electrons. The molecule has 2 amide bonds. The molecule has 0 aliphatic heterocycles. The van der Waals surface area contributed by atoms with E-state index in [0.29, 0.717) is 6.54 Å². The molecule has 0 bridgehead atoms. The lowest BCUT2D eigenvalue weighted by Crippen LogP contribution is -2.41. The van der Waals surface area contributed by atoms with Gasteiger partial charge in [-0.05, 0) is 43.2 Å². The zero-order chi connectivity index (χ0) is 20.1. The SMILES string of the molecule is CCN(CC(=O)NCc1ccc(F)cc1)C(=O)Cc1coc2cc(C)ccc12. The van der Waals surface area contributed by atoms with Gasteiger partial charge in [-0.3, -0.25) is 9.59 Å². The second-order valence-electron chi connectivity index (χ2n) is 6.75. The molecule has 2 aromatic carbocycles. The fourth-order valence-electron chi connectivity index (χ4n) is 3.01. The smallest absolute Gasteiger partial charge is 0.239 e. The molecule has 1 N–H and O–H groups in total. The minimum Gasteiger partial charge on any atom is -0.464 e. The van der Waals surface area contributed by atoms with Crippen LogP contribution in [-0.4, -0.2) is 29.8 Å². The number of nitrogens with one attached hydrogen (secondary N) is 1. The lowest BCUT2D eigenvalue weighted by Gasteiger charge is -2.20. The summed E-state index contributed by atoms with van der Waals surface area (Å²) >= 11 is 0. The van der Waals surface area contributed by atoms with Crippen LogP contribution < -0.4 is 5.32 Å². The molecule has 0 saturated heterocycles. The zero-order valence-corrected chi connectivity index (χ0v) is 16.0. The minimum absolute atomic E-state index is 0.0224. The van der Waals surface area contributed by atoms with Crippen molar-refractivity contribution in [3.05, 3.63) is 71.2 Å². The monoisotopic (exact) mass is 382 g/mol. The molecule has 6 heteroatoms. The van der Waals surface area contributed by atoms with Crippen molar-refractivity contribution in [2.75, 3.05) is 13.1 Å². The van der Waals surface area contributed by atoms with Crippen molar-refractivity contribution < 1.29 is 18.4 Å². The van der Waals surface area contributed by atoms with Gasteiger partial charge in [0.1, 0.15) is 11.4 Å². The van der Waals surface area contributed by atoms with Crippen LogP contribution in [0.3, 0.4) is 0 Å². The van der Waals surface area contributed by atoms with Crippen LogP contribution in [0.5, 0.6) is 0 Å². The van der Waals surface area contributed by atoms with Crippen molar-refractivity contribution in [2.45, 2.75) is 26.8 Å². The van der Waals surface area contributed by atoms with Crippen molar-refractivity contribution in [3.8, 4) is 0 Å². The average Bonchev–Trinajstić information content (AvgIpc) is 3.07. The van der Waals surface area contributed by atoms with Crippen LogP contribution in [-0.2, 0) is 22.6 Å². The highest BCUT2D eigenvalue weighted by molar-refractivity contribution is 5.90. The van der Waals surface area contributed by atoms with Gasteiger partial charge in [-0.15, -0.1) is 0 Å². The summed E-state index contributed by atoms with van der Waals surface area (Å²) < 4.78 is 18.5. The van der Waals surface area contributed by atoms with Gasteiger partial charge in [0.25, 0.3) is 0 Å². The molecule has 0 fully saturated rings. The molecule has 0 spiro atoms. The Kier molecular flexibility index (Phi) is 6.09. The van der Waals surface area contributed by atoms with E-state index in [-0.39, 0.29) is 37.1 Å². The Bertz CT molecular complexity index is 979. The molecule has 3 rings (SSSR count). The molecule has 0 saturated carbocycles. The Balaban J connectivity index is 1.58. The van der Waals surface area contributed by atoms with Crippen molar-refractivity contribution in [1.82, 2.24) is 10.2 Å². The number of furan rings is 1. The summed E-state index contributed by atoms with van der Waals surface area (Å²) in [5.74, 6) is -0.713. The predicted molar refractivity (Wildman–Crippen MR) is 105 cm³/mol. The number of rotatable bonds is 7. The third kappa shape index (κ3) is 4.76. The summed E-state index contributed by atoms with van der Waals surface area (Å²) in [5.41, 5.74) is 3.45. The first-order valence-corrected chi connectivity index (χ1v) is 9.22. The second-order valence-corrected chi connectivity index (χ2v) is 6.75. The van der Waals surface area contributed by atoms with E-state index in [2.05, 4.69) is 5.32 Å². The van der Waals surface area contributed by atoms with Crippen LogP contribution in [0.2, 0.25) is 0 Å². The van der Waals surface area contributed by atoms with E-state index in [1.807, 2.05) is 32.0 Å². The van der Waals surface area contributed by atoms with Gasteiger partial charge in [0.05, 0.1) is 19.2 Å². The summed E-state index contributed by atoms with van der Waals surface area (Å²) in [5, 5.41) is 3.67. The topological polar surface area (TPSA) is 62.6 Å². The molecular formula is C22H23FN2O3. The van der Waals surface area contributed by atoms with E-state index in [1.165, 1.54) is 17.0 Å². The Morgan fingerprint density at radius 1 is 1.14 bits per heavy atom. The third-order valence-corrected chi connectivity index (χ3v) is 4.62. The van der Waals surface area contributed by atoms with Gasteiger partial charge in [0, 0.05) is 24.0 Å². The van der Waals surface area contributed by atoms with Gasteiger partial charge >= 0.3 is 0 Å². The summed E-state index contributed by atoms with van der Waals surface area (Å²) in [6.07, 6.45) is 1.78. The molecule has 146 valence electrons. The van der Waals surface area contributed by atoms with Crippen LogP contribution in [0.1, 0.15) is 23.6 Å². The molecule has 0 aliphatic carbocycles. The Morgan fingerprint density at radius 2 is 1.89 bits per heavy atom. The number of amides is 2. The molecule has 3 aromatic rings. The number of halogens is 1. The largest absolute Gasteiger partial charge is 0.464 e. The third-order valence-electron chi connectivity index (χ3n) is 4.62. The number of carbonyl (C=O) groups excluding carboxylic acids is 2. The molecule has 0 atom stereocenters. The molecule has 0 unspecified atom stereocenters. The predicted octanol–water partition coefficient (Wildman–Crippen LogP) is 3.59. The Morgan fingerprint density at radius 3 is 2.61 bits per heavy atom. The number of fused-ring (bicyclic) bond motifs is 1. The van der Waals surface area contributed by atoms with Crippen LogP contribution >= 0.6 is 0 Å².